The highest BCUT2D eigenvalue weighted by molar-refractivity contribution is 5.90. The standard InChI is InChI=1S/C26H23NO7/c1-32-21-10-6-18(7-11-21)26(31,19-8-12-22(33-2)13-9-19)20-5-3-4-17(16-20)25(30)34-27-23(28)14-15-24(27)29/h3-16,28-29,31H,1-2H3. The van der Waals surface area contributed by atoms with Gasteiger partial charge in [0.1, 0.15) is 17.1 Å². The number of hydrogen-bond donors (Lipinski definition) is 3. The number of benzene rings is 3. The highest BCUT2D eigenvalue weighted by Crippen LogP contribution is 2.38. The summed E-state index contributed by atoms with van der Waals surface area (Å²) < 4.78 is 11.1. The Morgan fingerprint density at radius 2 is 1.24 bits per heavy atom. The lowest BCUT2D eigenvalue weighted by atomic mass is 9.80. The van der Waals surface area contributed by atoms with E-state index in [1.165, 1.54) is 24.3 Å². The molecule has 8 heteroatoms. The zero-order valence-corrected chi connectivity index (χ0v) is 18.5. The van der Waals surface area contributed by atoms with Gasteiger partial charge in [-0.3, -0.25) is 0 Å². The molecule has 0 aliphatic heterocycles. The van der Waals surface area contributed by atoms with E-state index in [1.54, 1.807) is 74.9 Å². The first kappa shape index (κ1) is 22.8. The summed E-state index contributed by atoms with van der Waals surface area (Å²) in [6.07, 6.45) is 0. The summed E-state index contributed by atoms with van der Waals surface area (Å²) in [7, 11) is 3.11. The zero-order chi connectivity index (χ0) is 24.3. The molecule has 1 aromatic heterocycles. The van der Waals surface area contributed by atoms with Crippen LogP contribution in [0.15, 0.2) is 84.9 Å². The maximum Gasteiger partial charge on any atom is 0.363 e. The molecular formula is C26H23NO7. The molecule has 0 saturated carbocycles. The highest BCUT2D eigenvalue weighted by atomic mass is 16.7. The maximum atomic E-state index is 12.8. The Bertz CT molecular complexity index is 1230. The molecule has 34 heavy (non-hydrogen) atoms. The number of nitrogens with zero attached hydrogens (tertiary/aromatic N) is 1. The van der Waals surface area contributed by atoms with Crippen LogP contribution in [-0.2, 0) is 5.60 Å². The molecule has 0 radical (unpaired) electrons. The van der Waals surface area contributed by atoms with E-state index in [4.69, 9.17) is 14.3 Å². The second-order valence-corrected chi connectivity index (χ2v) is 7.47. The molecule has 0 aliphatic rings. The predicted molar refractivity (Wildman–Crippen MR) is 123 cm³/mol. The van der Waals surface area contributed by atoms with Gasteiger partial charge in [0.15, 0.2) is 0 Å². The molecule has 4 aromatic rings. The summed E-state index contributed by atoms with van der Waals surface area (Å²) in [6.45, 7) is 0. The van der Waals surface area contributed by atoms with Gasteiger partial charge in [-0.1, -0.05) is 36.4 Å². The van der Waals surface area contributed by atoms with E-state index in [-0.39, 0.29) is 5.56 Å². The van der Waals surface area contributed by atoms with Crippen molar-refractivity contribution in [1.29, 1.82) is 0 Å². The van der Waals surface area contributed by atoms with Gasteiger partial charge < -0.3 is 29.6 Å². The van der Waals surface area contributed by atoms with Crippen molar-refractivity contribution in [3.63, 3.8) is 0 Å². The largest absolute Gasteiger partial charge is 0.497 e. The minimum atomic E-state index is -1.63. The molecule has 0 bridgehead atoms. The fourth-order valence-electron chi connectivity index (χ4n) is 3.67. The molecule has 0 spiro atoms. The molecular weight excluding hydrogens is 438 g/mol. The van der Waals surface area contributed by atoms with Crippen LogP contribution < -0.4 is 14.3 Å². The Morgan fingerprint density at radius 3 is 1.71 bits per heavy atom. The first-order chi connectivity index (χ1) is 16.4. The Labute approximate surface area is 195 Å². The lowest BCUT2D eigenvalue weighted by molar-refractivity contribution is 0.0381. The third-order valence-electron chi connectivity index (χ3n) is 5.50. The molecule has 4 rings (SSSR count). The Morgan fingerprint density at radius 1 is 0.735 bits per heavy atom. The third kappa shape index (κ3) is 4.14. The van der Waals surface area contributed by atoms with Gasteiger partial charge >= 0.3 is 5.97 Å². The van der Waals surface area contributed by atoms with Gasteiger partial charge in [0.2, 0.25) is 11.8 Å². The van der Waals surface area contributed by atoms with Crippen LogP contribution in [0.5, 0.6) is 23.3 Å². The van der Waals surface area contributed by atoms with E-state index < -0.39 is 23.3 Å². The number of hydrogen-bond acceptors (Lipinski definition) is 7. The van der Waals surface area contributed by atoms with Crippen molar-refractivity contribution >= 4 is 5.97 Å². The Balaban J connectivity index is 1.79. The molecule has 0 unspecified atom stereocenters. The fraction of sp³-hybridized carbons (Fsp3) is 0.115. The number of carbonyl (C=O) groups excluding carboxylic acids is 1. The van der Waals surface area contributed by atoms with Gasteiger partial charge in [0, 0.05) is 12.1 Å². The van der Waals surface area contributed by atoms with Crippen molar-refractivity contribution in [3.05, 3.63) is 107 Å². The maximum absolute atomic E-state index is 12.8. The van der Waals surface area contributed by atoms with Gasteiger partial charge in [-0.2, -0.15) is 0 Å². The highest BCUT2D eigenvalue weighted by Gasteiger charge is 2.34. The molecule has 0 atom stereocenters. The fourth-order valence-corrected chi connectivity index (χ4v) is 3.67. The van der Waals surface area contributed by atoms with Crippen molar-refractivity contribution in [3.8, 4) is 23.3 Å². The van der Waals surface area contributed by atoms with Crippen LogP contribution in [0, 0.1) is 0 Å². The second-order valence-electron chi connectivity index (χ2n) is 7.47. The van der Waals surface area contributed by atoms with Crippen molar-refractivity contribution in [1.82, 2.24) is 4.73 Å². The van der Waals surface area contributed by atoms with E-state index in [1.807, 2.05) is 0 Å². The summed E-state index contributed by atoms with van der Waals surface area (Å²) in [4.78, 5) is 17.9. The average Bonchev–Trinajstić information content (AvgIpc) is 3.20. The summed E-state index contributed by atoms with van der Waals surface area (Å²) in [6, 6.07) is 22.6. The number of carbonyl (C=O) groups is 1. The average molecular weight is 461 g/mol. The number of aromatic nitrogens is 1. The van der Waals surface area contributed by atoms with Gasteiger partial charge in [0.05, 0.1) is 19.8 Å². The van der Waals surface area contributed by atoms with Crippen LogP contribution in [0.4, 0.5) is 0 Å². The number of aromatic hydroxyl groups is 2. The SMILES string of the molecule is COc1ccc(C(O)(c2ccc(OC)cc2)c2cccc(C(=O)On3c(O)ccc3O)c2)cc1. The second kappa shape index (κ2) is 9.21. The molecule has 0 amide bonds. The lowest BCUT2D eigenvalue weighted by Crippen LogP contribution is -2.29. The molecule has 0 fully saturated rings. The summed E-state index contributed by atoms with van der Waals surface area (Å²) in [5.41, 5.74) is -0.0370. The molecule has 3 N–H and O–H groups in total. The van der Waals surface area contributed by atoms with E-state index in [2.05, 4.69) is 0 Å². The quantitative estimate of drug-likeness (QED) is 0.362. The lowest BCUT2D eigenvalue weighted by Gasteiger charge is -2.30. The monoisotopic (exact) mass is 461 g/mol. The van der Waals surface area contributed by atoms with Crippen LogP contribution in [0.25, 0.3) is 0 Å². The summed E-state index contributed by atoms with van der Waals surface area (Å²) in [5, 5.41) is 31.6. The van der Waals surface area contributed by atoms with Crippen molar-refractivity contribution in [2.24, 2.45) is 0 Å². The molecule has 0 saturated heterocycles. The Hall–Kier alpha value is -4.43. The van der Waals surface area contributed by atoms with Crippen LogP contribution in [0.3, 0.4) is 0 Å². The summed E-state index contributed by atoms with van der Waals surface area (Å²) >= 11 is 0. The molecule has 174 valence electrons. The molecule has 1 heterocycles. The molecule has 0 aliphatic carbocycles. The number of ether oxygens (including phenoxy) is 2. The smallest absolute Gasteiger partial charge is 0.363 e. The van der Waals surface area contributed by atoms with Crippen LogP contribution in [0.2, 0.25) is 0 Å². The first-order valence-corrected chi connectivity index (χ1v) is 10.3. The molecule has 3 aromatic carbocycles. The minimum Gasteiger partial charge on any atom is -0.497 e. The molecule has 8 nitrogen and oxygen atoms in total. The zero-order valence-electron chi connectivity index (χ0n) is 18.5. The number of aliphatic hydroxyl groups is 1. The van der Waals surface area contributed by atoms with E-state index in [9.17, 15) is 20.1 Å². The van der Waals surface area contributed by atoms with Crippen LogP contribution in [-0.4, -0.2) is 40.2 Å². The minimum absolute atomic E-state index is 0.102. The summed E-state index contributed by atoms with van der Waals surface area (Å²) in [5.74, 6) is -0.450. The van der Waals surface area contributed by atoms with E-state index >= 15 is 0 Å². The van der Waals surface area contributed by atoms with E-state index in [0.717, 1.165) is 0 Å². The first-order valence-electron chi connectivity index (χ1n) is 10.3. The van der Waals surface area contributed by atoms with Gasteiger partial charge in [-0.05, 0) is 53.1 Å². The van der Waals surface area contributed by atoms with Crippen molar-refractivity contribution in [2.45, 2.75) is 5.60 Å². The van der Waals surface area contributed by atoms with E-state index in [0.29, 0.717) is 32.9 Å². The number of rotatable bonds is 7. The van der Waals surface area contributed by atoms with Crippen molar-refractivity contribution < 1.29 is 34.4 Å². The van der Waals surface area contributed by atoms with Crippen LogP contribution >= 0.6 is 0 Å². The number of methoxy groups -OCH3 is 2. The van der Waals surface area contributed by atoms with Gasteiger partial charge in [-0.15, -0.1) is 4.73 Å². The normalized spacial score (nSPS) is 11.1. The third-order valence-corrected chi connectivity index (χ3v) is 5.50. The topological polar surface area (TPSA) is 110 Å². The van der Waals surface area contributed by atoms with Crippen molar-refractivity contribution in [2.75, 3.05) is 14.2 Å². The van der Waals surface area contributed by atoms with Gasteiger partial charge in [0.25, 0.3) is 0 Å². The van der Waals surface area contributed by atoms with Crippen LogP contribution in [0.1, 0.15) is 27.0 Å². The predicted octanol–water partition coefficient (Wildman–Crippen LogP) is 3.47. The van der Waals surface area contributed by atoms with Gasteiger partial charge in [-0.25, -0.2) is 4.79 Å². The Kier molecular flexibility index (Phi) is 6.16.